The van der Waals surface area contributed by atoms with Crippen molar-refractivity contribution in [1.29, 1.82) is 0 Å². The molecule has 1 fully saturated rings. The van der Waals surface area contributed by atoms with Gasteiger partial charge in [-0.15, -0.1) is 0 Å². The summed E-state index contributed by atoms with van der Waals surface area (Å²) >= 11 is 5.82. The van der Waals surface area contributed by atoms with Gasteiger partial charge in [0, 0.05) is 10.7 Å². The molecule has 2 aliphatic rings. The van der Waals surface area contributed by atoms with Gasteiger partial charge in [0.05, 0.1) is 5.69 Å². The van der Waals surface area contributed by atoms with E-state index in [0.29, 0.717) is 16.4 Å². The lowest BCUT2D eigenvalue weighted by Crippen LogP contribution is -2.43. The Labute approximate surface area is 159 Å². The fourth-order valence-electron chi connectivity index (χ4n) is 3.07. The van der Waals surface area contributed by atoms with Gasteiger partial charge < -0.3 is 5.32 Å². The molecular weight excluding hydrogens is 370 g/mol. The number of carbonyl (C=O) groups excluding carboxylic acids is 3. The van der Waals surface area contributed by atoms with Gasteiger partial charge in [0.15, 0.2) is 12.1 Å². The number of halogens is 1. The maximum absolute atomic E-state index is 12.8. The molecule has 0 aromatic heterocycles. The standard InChI is InChI=1S/C18H14ClN5O3/c19-11-6-8-12(9-7-11)20-14(25)10-23-16-15(21-22-23)17(26)24(18(16)27)13-4-2-1-3-5-13/h1-9,15-16H,10H2,(H,20,25)/t15-,16+/m1/s1. The van der Waals surface area contributed by atoms with Gasteiger partial charge in [-0.05, 0) is 36.4 Å². The van der Waals surface area contributed by atoms with E-state index in [2.05, 4.69) is 15.7 Å². The molecule has 0 aliphatic carbocycles. The van der Waals surface area contributed by atoms with Crippen molar-refractivity contribution in [1.82, 2.24) is 5.01 Å². The van der Waals surface area contributed by atoms with Gasteiger partial charge in [-0.2, -0.15) is 5.11 Å². The summed E-state index contributed by atoms with van der Waals surface area (Å²) in [5.41, 5.74) is 1.04. The van der Waals surface area contributed by atoms with Crippen LogP contribution in [0.3, 0.4) is 0 Å². The van der Waals surface area contributed by atoms with Crippen molar-refractivity contribution in [2.45, 2.75) is 12.1 Å². The molecule has 27 heavy (non-hydrogen) atoms. The van der Waals surface area contributed by atoms with Crippen molar-refractivity contribution in [2.24, 2.45) is 10.3 Å². The van der Waals surface area contributed by atoms with Crippen LogP contribution in [0.2, 0.25) is 5.02 Å². The van der Waals surface area contributed by atoms with Crippen molar-refractivity contribution in [3.63, 3.8) is 0 Å². The first kappa shape index (κ1) is 17.2. The van der Waals surface area contributed by atoms with Crippen LogP contribution in [-0.2, 0) is 14.4 Å². The Kier molecular flexibility index (Phi) is 4.33. The summed E-state index contributed by atoms with van der Waals surface area (Å²) in [5, 5.41) is 12.3. The number of amides is 3. The lowest BCUT2D eigenvalue weighted by Gasteiger charge is -2.20. The lowest BCUT2D eigenvalue weighted by atomic mass is 10.1. The quantitative estimate of drug-likeness (QED) is 0.819. The Balaban J connectivity index is 1.47. The summed E-state index contributed by atoms with van der Waals surface area (Å²) in [5.74, 6) is -1.27. The second-order valence-electron chi connectivity index (χ2n) is 6.09. The van der Waals surface area contributed by atoms with E-state index >= 15 is 0 Å². The smallest absolute Gasteiger partial charge is 0.263 e. The van der Waals surface area contributed by atoms with Crippen LogP contribution in [0.5, 0.6) is 0 Å². The highest BCUT2D eigenvalue weighted by atomic mass is 35.5. The maximum atomic E-state index is 12.8. The number of nitrogens with zero attached hydrogens (tertiary/aromatic N) is 4. The molecule has 2 aromatic carbocycles. The first-order valence-electron chi connectivity index (χ1n) is 8.20. The Morgan fingerprint density at radius 2 is 1.74 bits per heavy atom. The van der Waals surface area contributed by atoms with E-state index < -0.39 is 23.9 Å². The number of carbonyl (C=O) groups is 3. The highest BCUT2D eigenvalue weighted by Crippen LogP contribution is 2.31. The number of fused-ring (bicyclic) bond motifs is 1. The topological polar surface area (TPSA) is 94.4 Å². The summed E-state index contributed by atoms with van der Waals surface area (Å²) in [6.45, 7) is -0.199. The number of para-hydroxylation sites is 1. The highest BCUT2D eigenvalue weighted by Gasteiger charge is 2.55. The summed E-state index contributed by atoms with van der Waals surface area (Å²) in [6.07, 6.45) is 0. The van der Waals surface area contributed by atoms with Crippen LogP contribution in [0.25, 0.3) is 0 Å². The van der Waals surface area contributed by atoms with Crippen molar-refractivity contribution in [3.05, 3.63) is 59.6 Å². The Morgan fingerprint density at radius 1 is 1.04 bits per heavy atom. The molecule has 0 saturated carbocycles. The molecule has 1 N–H and O–H groups in total. The van der Waals surface area contributed by atoms with Crippen LogP contribution in [-0.4, -0.2) is 41.4 Å². The number of imide groups is 1. The van der Waals surface area contributed by atoms with Crippen molar-refractivity contribution >= 4 is 40.7 Å². The zero-order chi connectivity index (χ0) is 19.0. The second-order valence-corrected chi connectivity index (χ2v) is 6.53. The summed E-state index contributed by atoms with van der Waals surface area (Å²) in [6, 6.07) is 13.4. The normalized spacial score (nSPS) is 20.9. The molecule has 2 heterocycles. The number of hydrogen-bond acceptors (Lipinski definition) is 6. The monoisotopic (exact) mass is 383 g/mol. The molecule has 0 radical (unpaired) electrons. The SMILES string of the molecule is O=C(CN1N=N[C@H]2C(=O)N(c3ccccc3)C(=O)[C@H]21)Nc1ccc(Cl)cc1. The van der Waals surface area contributed by atoms with E-state index in [9.17, 15) is 14.4 Å². The molecule has 136 valence electrons. The fraction of sp³-hybridized carbons (Fsp3) is 0.167. The van der Waals surface area contributed by atoms with Gasteiger partial charge in [0.25, 0.3) is 11.8 Å². The third kappa shape index (κ3) is 3.15. The molecule has 8 nitrogen and oxygen atoms in total. The molecule has 2 aromatic rings. The average molecular weight is 384 g/mol. The molecule has 0 bridgehead atoms. The summed E-state index contributed by atoms with van der Waals surface area (Å²) in [7, 11) is 0. The Bertz CT molecular complexity index is 932. The number of benzene rings is 2. The lowest BCUT2D eigenvalue weighted by molar-refractivity contribution is -0.123. The molecule has 3 amide bonds. The zero-order valence-corrected chi connectivity index (χ0v) is 14.7. The molecule has 2 atom stereocenters. The second kappa shape index (κ2) is 6.81. The van der Waals surface area contributed by atoms with E-state index in [1.54, 1.807) is 54.6 Å². The Hall–Kier alpha value is -3.26. The number of nitrogens with one attached hydrogen (secondary N) is 1. The van der Waals surface area contributed by atoms with Crippen molar-refractivity contribution < 1.29 is 14.4 Å². The number of anilines is 2. The van der Waals surface area contributed by atoms with E-state index in [4.69, 9.17) is 11.6 Å². The molecule has 0 spiro atoms. The van der Waals surface area contributed by atoms with Crippen LogP contribution in [0.4, 0.5) is 11.4 Å². The molecule has 0 unspecified atom stereocenters. The molecule has 4 rings (SSSR count). The van der Waals surface area contributed by atoms with E-state index in [0.717, 1.165) is 4.90 Å². The summed E-state index contributed by atoms with van der Waals surface area (Å²) in [4.78, 5) is 38.7. The highest BCUT2D eigenvalue weighted by molar-refractivity contribution is 6.30. The largest absolute Gasteiger partial charge is 0.324 e. The van der Waals surface area contributed by atoms with Crippen LogP contribution in [0.15, 0.2) is 64.9 Å². The van der Waals surface area contributed by atoms with Crippen LogP contribution in [0, 0.1) is 0 Å². The minimum absolute atomic E-state index is 0.199. The van der Waals surface area contributed by atoms with E-state index in [1.807, 2.05) is 0 Å². The fourth-order valence-corrected chi connectivity index (χ4v) is 3.19. The van der Waals surface area contributed by atoms with Crippen molar-refractivity contribution in [2.75, 3.05) is 16.8 Å². The molecule has 1 saturated heterocycles. The molecular formula is C18H14ClN5O3. The predicted molar refractivity (Wildman–Crippen MR) is 98.2 cm³/mol. The minimum Gasteiger partial charge on any atom is -0.324 e. The van der Waals surface area contributed by atoms with Gasteiger partial charge in [0.2, 0.25) is 5.91 Å². The van der Waals surface area contributed by atoms with E-state index in [1.165, 1.54) is 5.01 Å². The van der Waals surface area contributed by atoms with Gasteiger partial charge in [0.1, 0.15) is 6.54 Å². The van der Waals surface area contributed by atoms with Crippen LogP contribution < -0.4 is 10.2 Å². The van der Waals surface area contributed by atoms with Gasteiger partial charge in [-0.25, -0.2) is 4.90 Å². The maximum Gasteiger partial charge on any atom is 0.263 e. The predicted octanol–water partition coefficient (Wildman–Crippen LogP) is 2.27. The molecule has 9 heteroatoms. The zero-order valence-electron chi connectivity index (χ0n) is 13.9. The van der Waals surface area contributed by atoms with Crippen molar-refractivity contribution in [3.8, 4) is 0 Å². The number of hydrogen-bond donors (Lipinski definition) is 1. The van der Waals surface area contributed by atoms with Gasteiger partial charge in [-0.3, -0.25) is 19.4 Å². The van der Waals surface area contributed by atoms with Crippen LogP contribution in [0.1, 0.15) is 0 Å². The first-order valence-corrected chi connectivity index (χ1v) is 8.58. The summed E-state index contributed by atoms with van der Waals surface area (Å²) < 4.78 is 0. The third-order valence-corrected chi connectivity index (χ3v) is 4.56. The van der Waals surface area contributed by atoms with Crippen LogP contribution >= 0.6 is 11.6 Å². The number of rotatable bonds is 4. The minimum atomic E-state index is -0.930. The van der Waals surface area contributed by atoms with Gasteiger partial charge in [-0.1, -0.05) is 35.0 Å². The molecule has 2 aliphatic heterocycles. The van der Waals surface area contributed by atoms with E-state index in [-0.39, 0.29) is 12.5 Å². The average Bonchev–Trinajstić information content (AvgIpc) is 3.18. The third-order valence-electron chi connectivity index (χ3n) is 4.31. The Morgan fingerprint density at radius 3 is 2.44 bits per heavy atom. The first-order chi connectivity index (χ1) is 13.0. The van der Waals surface area contributed by atoms with Gasteiger partial charge >= 0.3 is 0 Å².